The predicted octanol–water partition coefficient (Wildman–Crippen LogP) is 14.3. The van der Waals surface area contributed by atoms with Crippen molar-refractivity contribution in [1.82, 2.24) is 15.0 Å². The Morgan fingerprint density at radius 3 is 1.30 bits per heavy atom. The van der Waals surface area contributed by atoms with Crippen LogP contribution in [0.3, 0.4) is 0 Å². The lowest BCUT2D eigenvalue weighted by atomic mass is 9.70. The molecule has 282 valence electrons. The summed E-state index contributed by atoms with van der Waals surface area (Å²) >= 11 is 0. The van der Waals surface area contributed by atoms with Gasteiger partial charge in [0, 0.05) is 22.1 Å². The van der Waals surface area contributed by atoms with Crippen molar-refractivity contribution in [2.45, 2.75) is 5.41 Å². The van der Waals surface area contributed by atoms with Gasteiger partial charge in [-0.25, -0.2) is 15.0 Å². The lowest BCUT2D eigenvalue weighted by molar-refractivity contribution is 0.794. The lowest BCUT2D eigenvalue weighted by Gasteiger charge is -2.30. The summed E-state index contributed by atoms with van der Waals surface area (Å²) < 4.78 is 0. The van der Waals surface area contributed by atoms with E-state index in [1.807, 2.05) is 36.4 Å². The number of aromatic nitrogens is 3. The quantitative estimate of drug-likeness (QED) is 0.167. The van der Waals surface area contributed by atoms with Crippen LogP contribution < -0.4 is 0 Å². The first-order chi connectivity index (χ1) is 30.3. The normalized spacial score (nSPS) is 13.0. The zero-order valence-corrected chi connectivity index (χ0v) is 33.0. The average Bonchev–Trinajstić information content (AvgIpc) is 3.81. The molecule has 11 aromatic rings. The second kappa shape index (κ2) is 13.0. The molecule has 10 aromatic carbocycles. The molecule has 1 aromatic heterocycles. The molecule has 1 heterocycles. The molecule has 0 fully saturated rings. The average molecular weight is 774 g/mol. The van der Waals surface area contributed by atoms with Crippen LogP contribution in [0.1, 0.15) is 22.3 Å². The summed E-state index contributed by atoms with van der Waals surface area (Å²) in [4.78, 5) is 15.4. The number of benzene rings is 10. The van der Waals surface area contributed by atoms with E-state index in [9.17, 15) is 0 Å². The van der Waals surface area contributed by atoms with Crippen molar-refractivity contribution in [2.24, 2.45) is 0 Å². The molecule has 2 aliphatic rings. The van der Waals surface area contributed by atoms with Crippen molar-refractivity contribution in [1.29, 1.82) is 0 Å². The first-order valence-corrected chi connectivity index (χ1v) is 20.9. The van der Waals surface area contributed by atoms with Gasteiger partial charge in [-0.2, -0.15) is 0 Å². The van der Waals surface area contributed by atoms with Gasteiger partial charge in [0.05, 0.1) is 5.41 Å². The second-order valence-electron chi connectivity index (χ2n) is 16.2. The summed E-state index contributed by atoms with van der Waals surface area (Å²) in [5.74, 6) is 1.96. The van der Waals surface area contributed by atoms with Crippen molar-refractivity contribution in [3.63, 3.8) is 0 Å². The molecule has 0 saturated heterocycles. The number of rotatable bonds is 4. The van der Waals surface area contributed by atoms with Crippen LogP contribution in [-0.4, -0.2) is 15.0 Å². The van der Waals surface area contributed by atoms with E-state index in [0.29, 0.717) is 17.5 Å². The van der Waals surface area contributed by atoms with Crippen molar-refractivity contribution < 1.29 is 0 Å². The van der Waals surface area contributed by atoms with E-state index < -0.39 is 0 Å². The van der Waals surface area contributed by atoms with Crippen LogP contribution >= 0.6 is 0 Å². The molecule has 1 spiro atoms. The fourth-order valence-electron chi connectivity index (χ4n) is 10.6. The molecule has 2 aliphatic carbocycles. The van der Waals surface area contributed by atoms with Gasteiger partial charge in [-0.05, 0) is 94.7 Å². The Morgan fingerprint density at radius 2 is 0.672 bits per heavy atom. The van der Waals surface area contributed by atoms with Gasteiger partial charge in [-0.15, -0.1) is 0 Å². The summed E-state index contributed by atoms with van der Waals surface area (Å²) in [5, 5.41) is 7.10. The van der Waals surface area contributed by atoms with Crippen molar-refractivity contribution >= 4 is 32.3 Å². The smallest absolute Gasteiger partial charge is 0.164 e. The molecular formula is C58H35N3. The maximum absolute atomic E-state index is 5.19. The van der Waals surface area contributed by atoms with Crippen LogP contribution in [0.5, 0.6) is 0 Å². The molecule has 3 nitrogen and oxygen atoms in total. The third-order valence-corrected chi connectivity index (χ3v) is 13.1. The largest absolute Gasteiger partial charge is 0.208 e. The van der Waals surface area contributed by atoms with Gasteiger partial charge in [-0.3, -0.25) is 0 Å². The van der Waals surface area contributed by atoms with Gasteiger partial charge < -0.3 is 0 Å². The van der Waals surface area contributed by atoms with Gasteiger partial charge in [0.25, 0.3) is 0 Å². The monoisotopic (exact) mass is 773 g/mol. The van der Waals surface area contributed by atoms with Crippen LogP contribution in [0.25, 0.3) is 99.9 Å². The standard InChI is InChI=1S/C58H35N3/c1-3-16-36(17-4-1)55-59-56(37-18-5-2-6-19-37)61-57(60-55)47-26-15-25-45-40-20-7-8-21-41(40)48-34-38(30-32-46(48)54(45)47)39-31-33-53-49(35-39)44-24-11-14-29-52(44)58(53)50-27-12-9-22-42(50)43-23-10-13-28-51(43)58/h1-35H. The molecule has 0 saturated carbocycles. The maximum atomic E-state index is 5.19. The summed E-state index contributed by atoms with van der Waals surface area (Å²) in [5.41, 5.74) is 15.6. The van der Waals surface area contributed by atoms with Crippen LogP contribution in [0.2, 0.25) is 0 Å². The van der Waals surface area contributed by atoms with E-state index in [4.69, 9.17) is 15.0 Å². The number of hydrogen-bond acceptors (Lipinski definition) is 3. The zero-order chi connectivity index (χ0) is 40.1. The third-order valence-electron chi connectivity index (χ3n) is 13.1. The highest BCUT2D eigenvalue weighted by molar-refractivity contribution is 6.28. The molecular weight excluding hydrogens is 739 g/mol. The summed E-state index contributed by atoms with van der Waals surface area (Å²) in [6.45, 7) is 0. The fourth-order valence-corrected chi connectivity index (χ4v) is 10.6. The second-order valence-corrected chi connectivity index (χ2v) is 16.2. The summed E-state index contributed by atoms with van der Waals surface area (Å²) in [6, 6.07) is 76.9. The highest BCUT2D eigenvalue weighted by atomic mass is 15.0. The summed E-state index contributed by atoms with van der Waals surface area (Å²) in [6.07, 6.45) is 0. The van der Waals surface area contributed by atoms with Crippen LogP contribution in [0.15, 0.2) is 212 Å². The Labute approximate surface area is 353 Å². The first-order valence-electron chi connectivity index (χ1n) is 20.9. The maximum Gasteiger partial charge on any atom is 0.164 e. The predicted molar refractivity (Wildman–Crippen MR) is 250 cm³/mol. The van der Waals surface area contributed by atoms with E-state index in [1.165, 1.54) is 82.6 Å². The zero-order valence-electron chi connectivity index (χ0n) is 33.0. The molecule has 0 atom stereocenters. The first kappa shape index (κ1) is 33.9. The Hall–Kier alpha value is -8.01. The molecule has 3 heteroatoms. The van der Waals surface area contributed by atoms with E-state index in [1.54, 1.807) is 0 Å². The van der Waals surface area contributed by atoms with E-state index in [-0.39, 0.29) is 5.41 Å². The molecule has 0 unspecified atom stereocenters. The van der Waals surface area contributed by atoms with Gasteiger partial charge in [0.15, 0.2) is 17.5 Å². The minimum Gasteiger partial charge on any atom is -0.208 e. The molecule has 0 radical (unpaired) electrons. The number of hydrogen-bond donors (Lipinski definition) is 0. The third kappa shape index (κ3) is 4.83. The highest BCUT2D eigenvalue weighted by Gasteiger charge is 2.51. The Kier molecular flexibility index (Phi) is 7.22. The molecule has 61 heavy (non-hydrogen) atoms. The minimum absolute atomic E-state index is 0.359. The van der Waals surface area contributed by atoms with Crippen molar-refractivity contribution in [3.8, 4) is 67.5 Å². The van der Waals surface area contributed by atoms with E-state index in [0.717, 1.165) is 22.1 Å². The van der Waals surface area contributed by atoms with E-state index >= 15 is 0 Å². The van der Waals surface area contributed by atoms with Gasteiger partial charge in [0.2, 0.25) is 0 Å². The fraction of sp³-hybridized carbons (Fsp3) is 0.0172. The van der Waals surface area contributed by atoms with Gasteiger partial charge >= 0.3 is 0 Å². The molecule has 0 aliphatic heterocycles. The SMILES string of the molecule is c1ccc(-c2nc(-c3ccccc3)nc(-c3cccc4c5ccccc5c5cc(-c6ccc7c(c6)-c6ccccc6C76c7ccccc7-c7ccccc76)ccc5c34)n2)cc1. The number of fused-ring (bicyclic) bond motifs is 16. The summed E-state index contributed by atoms with van der Waals surface area (Å²) in [7, 11) is 0. The molecule has 0 bridgehead atoms. The number of nitrogens with zero attached hydrogens (tertiary/aromatic N) is 3. The Bertz CT molecular complexity index is 3490. The molecule has 0 amide bonds. The molecule has 13 rings (SSSR count). The molecule has 0 N–H and O–H groups in total. The van der Waals surface area contributed by atoms with Crippen molar-refractivity contribution in [3.05, 3.63) is 235 Å². The van der Waals surface area contributed by atoms with Gasteiger partial charge in [0.1, 0.15) is 0 Å². The highest BCUT2D eigenvalue weighted by Crippen LogP contribution is 2.63. The minimum atomic E-state index is -0.359. The van der Waals surface area contributed by atoms with Crippen LogP contribution in [-0.2, 0) is 5.41 Å². The Morgan fingerprint density at radius 1 is 0.246 bits per heavy atom. The van der Waals surface area contributed by atoms with Crippen molar-refractivity contribution in [2.75, 3.05) is 0 Å². The van der Waals surface area contributed by atoms with E-state index in [2.05, 4.69) is 176 Å². The van der Waals surface area contributed by atoms with Crippen LogP contribution in [0, 0.1) is 0 Å². The Balaban J connectivity index is 1.03. The van der Waals surface area contributed by atoms with Gasteiger partial charge in [-0.1, -0.05) is 200 Å². The lowest BCUT2D eigenvalue weighted by Crippen LogP contribution is -2.25. The van der Waals surface area contributed by atoms with Crippen LogP contribution in [0.4, 0.5) is 0 Å². The topological polar surface area (TPSA) is 38.7 Å².